The molecule has 1 aliphatic rings. The Morgan fingerprint density at radius 1 is 1.27 bits per heavy atom. The molecule has 0 atom stereocenters. The fraction of sp³-hybridized carbons (Fsp3) is 0.312. The van der Waals surface area contributed by atoms with Gasteiger partial charge in [-0.25, -0.2) is 17.6 Å². The van der Waals surface area contributed by atoms with E-state index in [1.807, 2.05) is 4.90 Å². The molecule has 1 saturated heterocycles. The number of nitrogens with zero attached hydrogens (tertiary/aromatic N) is 1. The van der Waals surface area contributed by atoms with Crippen molar-refractivity contribution in [2.45, 2.75) is 11.8 Å². The summed E-state index contributed by atoms with van der Waals surface area (Å²) in [5, 5.41) is 9.02. The molecule has 3 rings (SSSR count). The lowest BCUT2D eigenvalue weighted by Crippen LogP contribution is -2.36. The highest BCUT2D eigenvalue weighted by Crippen LogP contribution is 2.29. The molecule has 0 spiro atoms. The van der Waals surface area contributed by atoms with E-state index < -0.39 is 21.8 Å². The third-order valence-electron chi connectivity index (χ3n) is 3.88. The number of carboxylic acid groups (broad SMARTS) is 1. The summed E-state index contributed by atoms with van der Waals surface area (Å²) in [7, 11) is -4.03. The van der Waals surface area contributed by atoms with E-state index in [0.717, 1.165) is 23.5 Å². The van der Waals surface area contributed by atoms with Gasteiger partial charge in [-0.3, -0.25) is 4.72 Å². The number of aromatic carboxylic acids is 1. The summed E-state index contributed by atoms with van der Waals surface area (Å²) in [6.07, 6.45) is 0. The molecule has 2 heterocycles. The van der Waals surface area contributed by atoms with Gasteiger partial charge in [0, 0.05) is 23.7 Å². The smallest absolute Gasteiger partial charge is 0.345 e. The summed E-state index contributed by atoms with van der Waals surface area (Å²) >= 11 is 0.874. The molecular weight excluding hydrogens is 383 g/mol. The molecule has 10 heteroatoms. The summed E-state index contributed by atoms with van der Waals surface area (Å²) in [6, 6.07) is 5.07. The molecule has 7 nitrogen and oxygen atoms in total. The fourth-order valence-corrected chi connectivity index (χ4v) is 5.16. The third kappa shape index (κ3) is 3.97. The summed E-state index contributed by atoms with van der Waals surface area (Å²) in [5.41, 5.74) is 0.633. The Kier molecular flexibility index (Phi) is 5.17. The molecule has 1 aromatic heterocycles. The first-order valence-corrected chi connectivity index (χ1v) is 10.1. The van der Waals surface area contributed by atoms with E-state index in [9.17, 15) is 17.6 Å². The van der Waals surface area contributed by atoms with Gasteiger partial charge in [-0.15, -0.1) is 11.3 Å². The number of hydrogen-bond donors (Lipinski definition) is 2. The number of anilines is 2. The first-order chi connectivity index (χ1) is 12.3. The van der Waals surface area contributed by atoms with Gasteiger partial charge >= 0.3 is 5.97 Å². The van der Waals surface area contributed by atoms with E-state index in [4.69, 9.17) is 9.84 Å². The number of carboxylic acids is 1. The van der Waals surface area contributed by atoms with E-state index in [2.05, 4.69) is 4.72 Å². The lowest BCUT2D eigenvalue weighted by molar-refractivity contribution is 0.0702. The molecule has 1 aliphatic heterocycles. The SMILES string of the molecule is Cc1sc(C(=O)O)cc1S(=O)(=O)Nc1cc(F)cc(N2CCOCC2)c1. The van der Waals surface area contributed by atoms with Crippen molar-refractivity contribution in [2.24, 2.45) is 0 Å². The number of halogens is 1. The highest BCUT2D eigenvalue weighted by atomic mass is 32.2. The Balaban J connectivity index is 1.90. The molecule has 0 bridgehead atoms. The van der Waals surface area contributed by atoms with Crippen LogP contribution in [-0.2, 0) is 14.8 Å². The Morgan fingerprint density at radius 2 is 1.96 bits per heavy atom. The van der Waals surface area contributed by atoms with Crippen molar-refractivity contribution >= 4 is 38.7 Å². The zero-order valence-corrected chi connectivity index (χ0v) is 15.5. The fourth-order valence-electron chi connectivity index (χ4n) is 2.68. The molecule has 0 aliphatic carbocycles. The number of ether oxygens (including phenoxy) is 1. The van der Waals surface area contributed by atoms with Crippen LogP contribution in [0.3, 0.4) is 0 Å². The molecule has 1 fully saturated rings. The maximum atomic E-state index is 14.0. The van der Waals surface area contributed by atoms with Gasteiger partial charge in [0.25, 0.3) is 10.0 Å². The third-order valence-corrected chi connectivity index (χ3v) is 6.56. The predicted octanol–water partition coefficient (Wildman–Crippen LogP) is 2.53. The van der Waals surface area contributed by atoms with Gasteiger partial charge in [0.05, 0.1) is 18.9 Å². The number of benzene rings is 1. The molecule has 0 radical (unpaired) electrons. The first kappa shape index (κ1) is 18.6. The number of nitrogens with one attached hydrogen (secondary N) is 1. The number of rotatable bonds is 5. The van der Waals surface area contributed by atoms with Gasteiger partial charge in [0.2, 0.25) is 0 Å². The number of hydrogen-bond acceptors (Lipinski definition) is 6. The lowest BCUT2D eigenvalue weighted by Gasteiger charge is -2.29. The van der Waals surface area contributed by atoms with E-state index in [1.54, 1.807) is 6.07 Å². The summed E-state index contributed by atoms with van der Waals surface area (Å²) < 4.78 is 46.8. The summed E-state index contributed by atoms with van der Waals surface area (Å²) in [4.78, 5) is 13.1. The van der Waals surface area contributed by atoms with Gasteiger partial charge in [-0.05, 0) is 31.2 Å². The average molecular weight is 400 g/mol. The van der Waals surface area contributed by atoms with Crippen LogP contribution in [-0.4, -0.2) is 45.8 Å². The van der Waals surface area contributed by atoms with Gasteiger partial charge in [-0.1, -0.05) is 0 Å². The van der Waals surface area contributed by atoms with Gasteiger partial charge in [0.15, 0.2) is 0 Å². The van der Waals surface area contributed by atoms with Crippen LogP contribution in [0.15, 0.2) is 29.2 Å². The maximum absolute atomic E-state index is 14.0. The molecule has 0 amide bonds. The Labute approximate surface area is 154 Å². The number of sulfonamides is 1. The van der Waals surface area contributed by atoms with Gasteiger partial charge in [0.1, 0.15) is 15.6 Å². The minimum absolute atomic E-state index is 0.0730. The first-order valence-electron chi connectivity index (χ1n) is 7.76. The van der Waals surface area contributed by atoms with Crippen molar-refractivity contribution in [3.63, 3.8) is 0 Å². The average Bonchev–Trinajstić information content (AvgIpc) is 2.98. The molecule has 0 unspecified atom stereocenters. The predicted molar refractivity (Wildman–Crippen MR) is 96.3 cm³/mol. The second-order valence-electron chi connectivity index (χ2n) is 5.74. The van der Waals surface area contributed by atoms with Crippen molar-refractivity contribution in [3.8, 4) is 0 Å². The van der Waals surface area contributed by atoms with Crippen LogP contribution in [0, 0.1) is 12.7 Å². The van der Waals surface area contributed by atoms with E-state index in [-0.39, 0.29) is 15.5 Å². The minimum atomic E-state index is -4.03. The number of thiophene rings is 1. The Morgan fingerprint density at radius 3 is 2.58 bits per heavy atom. The zero-order chi connectivity index (χ0) is 18.9. The van der Waals surface area contributed by atoms with E-state index >= 15 is 0 Å². The second kappa shape index (κ2) is 7.22. The van der Waals surface area contributed by atoms with Crippen LogP contribution in [0.5, 0.6) is 0 Å². The van der Waals surface area contributed by atoms with Crippen molar-refractivity contribution in [3.05, 3.63) is 39.8 Å². The van der Waals surface area contributed by atoms with Crippen LogP contribution < -0.4 is 9.62 Å². The van der Waals surface area contributed by atoms with Crippen LogP contribution in [0.1, 0.15) is 14.5 Å². The van der Waals surface area contributed by atoms with Crippen LogP contribution >= 0.6 is 11.3 Å². The standard InChI is InChI=1S/C16H17FN2O5S2/c1-10-15(9-14(25-10)16(20)21)26(22,23)18-12-6-11(17)7-13(8-12)19-2-4-24-5-3-19/h6-9,18H,2-5H2,1H3,(H,20,21). The molecule has 1 aromatic carbocycles. The number of morpholine rings is 1. The van der Waals surface area contributed by atoms with Gasteiger partial charge in [-0.2, -0.15) is 0 Å². The quantitative estimate of drug-likeness (QED) is 0.801. The van der Waals surface area contributed by atoms with Crippen LogP contribution in [0.2, 0.25) is 0 Å². The Bertz CT molecular complexity index is 936. The van der Waals surface area contributed by atoms with Crippen molar-refractivity contribution < 1.29 is 27.4 Å². The highest BCUT2D eigenvalue weighted by molar-refractivity contribution is 7.93. The second-order valence-corrected chi connectivity index (χ2v) is 8.65. The zero-order valence-electron chi connectivity index (χ0n) is 13.9. The van der Waals surface area contributed by atoms with E-state index in [1.165, 1.54) is 13.0 Å². The maximum Gasteiger partial charge on any atom is 0.345 e. The normalized spacial score (nSPS) is 15.1. The Hall–Kier alpha value is -2.17. The molecule has 26 heavy (non-hydrogen) atoms. The topological polar surface area (TPSA) is 95.9 Å². The lowest BCUT2D eigenvalue weighted by atomic mass is 10.2. The summed E-state index contributed by atoms with van der Waals surface area (Å²) in [5.74, 6) is -1.76. The molecule has 140 valence electrons. The number of aryl methyl sites for hydroxylation is 1. The van der Waals surface area contributed by atoms with Crippen LogP contribution in [0.25, 0.3) is 0 Å². The minimum Gasteiger partial charge on any atom is -0.477 e. The van der Waals surface area contributed by atoms with Crippen molar-refractivity contribution in [1.29, 1.82) is 0 Å². The largest absolute Gasteiger partial charge is 0.477 e. The van der Waals surface area contributed by atoms with Crippen LogP contribution in [0.4, 0.5) is 15.8 Å². The van der Waals surface area contributed by atoms with Crippen molar-refractivity contribution in [1.82, 2.24) is 0 Å². The highest BCUT2D eigenvalue weighted by Gasteiger charge is 2.23. The number of carbonyl (C=O) groups is 1. The van der Waals surface area contributed by atoms with Gasteiger partial charge < -0.3 is 14.7 Å². The molecule has 2 aromatic rings. The molecule has 0 saturated carbocycles. The van der Waals surface area contributed by atoms with E-state index in [0.29, 0.717) is 36.9 Å². The molecular formula is C16H17FN2O5S2. The van der Waals surface area contributed by atoms with Crippen molar-refractivity contribution in [2.75, 3.05) is 35.9 Å². The molecule has 2 N–H and O–H groups in total. The monoisotopic (exact) mass is 400 g/mol. The summed E-state index contributed by atoms with van der Waals surface area (Å²) in [6.45, 7) is 3.73.